The Morgan fingerprint density at radius 1 is 1.08 bits per heavy atom. The number of fused-ring (bicyclic) bond motifs is 1. The molecule has 0 saturated carbocycles. The number of hydrogen-bond acceptors (Lipinski definition) is 3. The summed E-state index contributed by atoms with van der Waals surface area (Å²) in [5.41, 5.74) is 0.0716. The van der Waals surface area contributed by atoms with Gasteiger partial charge in [-0.1, -0.05) is 30.3 Å². The van der Waals surface area contributed by atoms with E-state index in [1.165, 1.54) is 12.1 Å². The molecule has 1 heterocycles. The number of benzene rings is 2. The third-order valence-electron chi connectivity index (χ3n) is 3.90. The molecule has 3 rings (SSSR count). The number of anilines is 1. The van der Waals surface area contributed by atoms with Crippen molar-refractivity contribution in [1.29, 1.82) is 0 Å². The molecule has 0 fully saturated rings. The van der Waals surface area contributed by atoms with Crippen LogP contribution in [0.5, 0.6) is 0 Å². The molecule has 6 heteroatoms. The van der Waals surface area contributed by atoms with Gasteiger partial charge >= 0.3 is 0 Å². The summed E-state index contributed by atoms with van der Waals surface area (Å²) in [5, 5.41) is 15.8. The van der Waals surface area contributed by atoms with Crippen molar-refractivity contribution in [2.75, 3.05) is 5.32 Å². The fraction of sp³-hybridized carbons (Fsp3) is 0.111. The summed E-state index contributed by atoms with van der Waals surface area (Å²) in [6.07, 6.45) is 3.71. The van der Waals surface area contributed by atoms with Crippen molar-refractivity contribution in [1.82, 2.24) is 0 Å². The highest BCUT2D eigenvalue weighted by atomic mass is 16.6. The van der Waals surface area contributed by atoms with Gasteiger partial charge in [0.15, 0.2) is 12.4 Å². The highest BCUT2D eigenvalue weighted by Gasteiger charge is 2.24. The Morgan fingerprint density at radius 3 is 2.50 bits per heavy atom. The number of nitro benzene ring substituents is 1. The van der Waals surface area contributed by atoms with E-state index in [0.717, 1.165) is 10.8 Å². The number of nitro groups is 1. The molecule has 0 aliphatic heterocycles. The van der Waals surface area contributed by atoms with Crippen molar-refractivity contribution in [2.24, 2.45) is 0 Å². The van der Waals surface area contributed by atoms with Crippen LogP contribution in [0.2, 0.25) is 0 Å². The molecule has 6 nitrogen and oxygen atoms in total. The van der Waals surface area contributed by atoms with Gasteiger partial charge in [0.05, 0.1) is 4.92 Å². The highest BCUT2D eigenvalue weighted by molar-refractivity contribution is 5.94. The number of carbonyl (C=O) groups is 1. The lowest BCUT2D eigenvalue weighted by Gasteiger charge is -2.09. The number of nitrogens with one attached hydrogen (secondary N) is 1. The van der Waals surface area contributed by atoms with Crippen molar-refractivity contribution in [2.45, 2.75) is 13.0 Å². The van der Waals surface area contributed by atoms with E-state index in [-0.39, 0.29) is 17.3 Å². The molecule has 120 valence electrons. The lowest BCUT2D eigenvalue weighted by atomic mass is 10.1. The largest absolute Gasteiger partial charge is 0.315 e. The molecule has 2 aromatic carbocycles. The Hall–Kier alpha value is -3.28. The van der Waals surface area contributed by atoms with Gasteiger partial charge in [-0.25, -0.2) is 0 Å². The molecule has 1 atom stereocenters. The molecular weight excluding hydrogens is 306 g/mol. The van der Waals surface area contributed by atoms with Gasteiger partial charge in [-0.2, -0.15) is 4.57 Å². The second-order valence-electron chi connectivity index (χ2n) is 5.46. The van der Waals surface area contributed by atoms with Crippen molar-refractivity contribution < 1.29 is 14.3 Å². The van der Waals surface area contributed by atoms with Gasteiger partial charge in [0, 0.05) is 24.4 Å². The maximum Gasteiger partial charge on any atom is 0.293 e. The SMILES string of the molecule is C[C@H](C(=O)Nc1ccccc1[N+](=O)[O-])[n+]1ccc2ccccc2c1. The fourth-order valence-corrected chi connectivity index (χ4v) is 2.50. The van der Waals surface area contributed by atoms with Gasteiger partial charge < -0.3 is 5.32 Å². The van der Waals surface area contributed by atoms with Crippen molar-refractivity contribution in [3.8, 4) is 0 Å². The van der Waals surface area contributed by atoms with Crippen molar-refractivity contribution >= 4 is 28.1 Å². The summed E-state index contributed by atoms with van der Waals surface area (Å²) in [6, 6.07) is 15.4. The third kappa shape index (κ3) is 3.08. The normalized spacial score (nSPS) is 11.9. The summed E-state index contributed by atoms with van der Waals surface area (Å²) in [4.78, 5) is 23.0. The van der Waals surface area contributed by atoms with Crippen LogP contribution in [0.25, 0.3) is 10.8 Å². The minimum Gasteiger partial charge on any atom is -0.315 e. The molecule has 3 aromatic rings. The smallest absolute Gasteiger partial charge is 0.293 e. The monoisotopic (exact) mass is 322 g/mol. The molecule has 0 radical (unpaired) electrons. The zero-order chi connectivity index (χ0) is 17.1. The Morgan fingerprint density at radius 2 is 1.75 bits per heavy atom. The minimum atomic E-state index is -0.510. The summed E-state index contributed by atoms with van der Waals surface area (Å²) < 4.78 is 1.78. The van der Waals surface area contributed by atoms with Gasteiger partial charge in [-0.15, -0.1) is 0 Å². The fourth-order valence-electron chi connectivity index (χ4n) is 2.50. The lowest BCUT2D eigenvalue weighted by molar-refractivity contribution is -0.704. The molecule has 0 unspecified atom stereocenters. The van der Waals surface area contributed by atoms with E-state index in [1.54, 1.807) is 23.6 Å². The standard InChI is InChI=1S/C18H15N3O3/c1-13(20-11-10-14-6-2-3-7-15(14)12-20)18(22)19-16-8-4-5-9-17(16)21(23)24/h2-13H,1H3/p+1/t13-/m1/s1. The second kappa shape index (κ2) is 6.45. The van der Waals surface area contributed by atoms with Gasteiger partial charge in [-0.3, -0.25) is 14.9 Å². The maximum atomic E-state index is 12.5. The first kappa shape index (κ1) is 15.6. The Balaban J connectivity index is 1.85. The minimum absolute atomic E-state index is 0.124. The van der Waals surface area contributed by atoms with E-state index in [9.17, 15) is 14.9 Å². The maximum absolute atomic E-state index is 12.5. The van der Waals surface area contributed by atoms with E-state index in [2.05, 4.69) is 5.32 Å². The van der Waals surface area contributed by atoms with Crippen LogP contribution in [0.1, 0.15) is 13.0 Å². The molecule has 0 aliphatic rings. The van der Waals surface area contributed by atoms with E-state index in [4.69, 9.17) is 0 Å². The number of nitrogens with zero attached hydrogens (tertiary/aromatic N) is 2. The second-order valence-corrected chi connectivity index (χ2v) is 5.46. The Kier molecular flexibility index (Phi) is 4.20. The molecule has 24 heavy (non-hydrogen) atoms. The quantitative estimate of drug-likeness (QED) is 0.455. The summed E-state index contributed by atoms with van der Waals surface area (Å²) in [6.45, 7) is 1.75. The van der Waals surface area contributed by atoms with E-state index >= 15 is 0 Å². The Labute approximate surface area is 138 Å². The zero-order valence-electron chi connectivity index (χ0n) is 13.0. The molecule has 0 bridgehead atoms. The average molecular weight is 322 g/mol. The van der Waals surface area contributed by atoms with E-state index < -0.39 is 11.0 Å². The van der Waals surface area contributed by atoms with Crippen LogP contribution < -0.4 is 9.88 Å². The van der Waals surface area contributed by atoms with E-state index in [1.807, 2.05) is 42.7 Å². The van der Waals surface area contributed by atoms with Crippen molar-refractivity contribution in [3.05, 3.63) is 77.1 Å². The number of rotatable bonds is 4. The number of pyridine rings is 1. The molecule has 1 aromatic heterocycles. The number of hydrogen-bond donors (Lipinski definition) is 1. The third-order valence-corrected chi connectivity index (χ3v) is 3.90. The molecule has 0 spiro atoms. The van der Waals surface area contributed by atoms with Crippen LogP contribution >= 0.6 is 0 Å². The van der Waals surface area contributed by atoms with Gasteiger partial charge in [0.25, 0.3) is 11.6 Å². The van der Waals surface area contributed by atoms with Gasteiger partial charge in [0.1, 0.15) is 5.69 Å². The number of amides is 1. The summed E-state index contributed by atoms with van der Waals surface area (Å²) in [7, 11) is 0. The van der Waals surface area contributed by atoms with Crippen molar-refractivity contribution in [3.63, 3.8) is 0 Å². The molecule has 1 amide bonds. The van der Waals surface area contributed by atoms with Gasteiger partial charge in [0.2, 0.25) is 6.04 Å². The highest BCUT2D eigenvalue weighted by Crippen LogP contribution is 2.23. The summed E-state index contributed by atoms with van der Waals surface area (Å²) in [5.74, 6) is -0.315. The molecule has 1 N–H and O–H groups in total. The molecular formula is C18H16N3O3+. The van der Waals surface area contributed by atoms with Crippen LogP contribution in [0.3, 0.4) is 0 Å². The topological polar surface area (TPSA) is 76.1 Å². The first-order valence-electron chi connectivity index (χ1n) is 7.50. The molecule has 0 aliphatic carbocycles. The predicted octanol–water partition coefficient (Wildman–Crippen LogP) is 3.24. The van der Waals surface area contributed by atoms with E-state index in [0.29, 0.717) is 0 Å². The zero-order valence-corrected chi connectivity index (χ0v) is 13.0. The lowest BCUT2D eigenvalue weighted by Crippen LogP contribution is -2.44. The van der Waals surface area contributed by atoms with Crippen LogP contribution in [0.15, 0.2) is 67.0 Å². The first-order chi connectivity index (χ1) is 11.6. The Bertz CT molecular complexity index is 924. The number of carbonyl (C=O) groups excluding carboxylic acids is 1. The van der Waals surface area contributed by atoms with Gasteiger partial charge in [-0.05, 0) is 17.5 Å². The number of para-hydroxylation sites is 2. The predicted molar refractivity (Wildman–Crippen MR) is 90.6 cm³/mol. The summed E-state index contributed by atoms with van der Waals surface area (Å²) >= 11 is 0. The average Bonchev–Trinajstić information content (AvgIpc) is 2.61. The van der Waals surface area contributed by atoms with Crippen LogP contribution in [0.4, 0.5) is 11.4 Å². The van der Waals surface area contributed by atoms with Crippen LogP contribution in [-0.4, -0.2) is 10.8 Å². The first-order valence-corrected chi connectivity index (χ1v) is 7.50. The van der Waals surface area contributed by atoms with Crippen LogP contribution in [0, 0.1) is 10.1 Å². The van der Waals surface area contributed by atoms with Crippen LogP contribution in [-0.2, 0) is 4.79 Å². The molecule has 0 saturated heterocycles. The number of aromatic nitrogens is 1.